The number of anilines is 1. The smallest absolute Gasteiger partial charge is 0.322 e. The minimum Gasteiger partial charge on any atom is -0.322 e. The second kappa shape index (κ2) is 7.57. The van der Waals surface area contributed by atoms with Crippen molar-refractivity contribution < 1.29 is 31.1 Å². The maximum atomic E-state index is 13.0. The van der Waals surface area contributed by atoms with Gasteiger partial charge in [-0.25, -0.2) is 9.67 Å². The van der Waals surface area contributed by atoms with Gasteiger partial charge in [-0.2, -0.15) is 31.4 Å². The molecule has 3 aromatic rings. The van der Waals surface area contributed by atoms with Crippen LogP contribution in [0.1, 0.15) is 27.0 Å². The number of amides is 1. The SMILES string of the molecule is O=C(Nc1ccccc1Cn1cncn1)c1cc(C(F)(F)F)cc(C(F)(F)F)c1. The Kier molecular flexibility index (Phi) is 5.31. The molecule has 0 unspecified atom stereocenters. The van der Waals surface area contributed by atoms with Crippen molar-refractivity contribution in [1.82, 2.24) is 14.8 Å². The van der Waals surface area contributed by atoms with Gasteiger partial charge >= 0.3 is 12.4 Å². The van der Waals surface area contributed by atoms with Crippen LogP contribution in [0.2, 0.25) is 0 Å². The minimum atomic E-state index is -5.04. The molecule has 0 aliphatic rings. The summed E-state index contributed by atoms with van der Waals surface area (Å²) in [7, 11) is 0. The van der Waals surface area contributed by atoms with Gasteiger partial charge in [0.1, 0.15) is 12.7 Å². The summed E-state index contributed by atoms with van der Waals surface area (Å²) >= 11 is 0. The molecule has 0 aliphatic carbocycles. The molecular weight excluding hydrogens is 402 g/mol. The number of carbonyl (C=O) groups is 1. The van der Waals surface area contributed by atoms with Crippen LogP contribution >= 0.6 is 0 Å². The van der Waals surface area contributed by atoms with Crippen LogP contribution in [0.3, 0.4) is 0 Å². The summed E-state index contributed by atoms with van der Waals surface area (Å²) in [6.45, 7) is 0.187. The second-order valence-electron chi connectivity index (χ2n) is 6.00. The molecule has 2 aromatic carbocycles. The van der Waals surface area contributed by atoms with Crippen molar-refractivity contribution in [2.45, 2.75) is 18.9 Å². The predicted molar refractivity (Wildman–Crippen MR) is 90.0 cm³/mol. The maximum Gasteiger partial charge on any atom is 0.416 e. The predicted octanol–water partition coefficient (Wildman–Crippen LogP) is 4.62. The molecular formula is C18H12F6N4O. The van der Waals surface area contributed by atoms with Gasteiger partial charge in [0, 0.05) is 11.3 Å². The number of hydrogen-bond donors (Lipinski definition) is 1. The van der Waals surface area contributed by atoms with E-state index in [-0.39, 0.29) is 18.3 Å². The number of aromatic nitrogens is 3. The first-order chi connectivity index (χ1) is 13.5. The Hall–Kier alpha value is -3.37. The van der Waals surface area contributed by atoms with Gasteiger partial charge in [-0.15, -0.1) is 0 Å². The summed E-state index contributed by atoms with van der Waals surface area (Å²) in [6, 6.07) is 7.05. The van der Waals surface area contributed by atoms with Crippen molar-refractivity contribution in [2.24, 2.45) is 0 Å². The number of hydrogen-bond acceptors (Lipinski definition) is 3. The molecule has 1 N–H and O–H groups in total. The number of carbonyl (C=O) groups excluding carboxylic acids is 1. The fourth-order valence-electron chi connectivity index (χ4n) is 2.55. The third kappa shape index (κ3) is 4.92. The minimum absolute atomic E-state index is 0.0323. The zero-order chi connectivity index (χ0) is 21.2. The molecule has 3 rings (SSSR count). The lowest BCUT2D eigenvalue weighted by atomic mass is 10.0. The second-order valence-corrected chi connectivity index (χ2v) is 6.00. The largest absolute Gasteiger partial charge is 0.416 e. The van der Waals surface area contributed by atoms with Crippen LogP contribution < -0.4 is 5.32 Å². The van der Waals surface area contributed by atoms with Crippen molar-refractivity contribution in [2.75, 3.05) is 5.32 Å². The fourth-order valence-corrected chi connectivity index (χ4v) is 2.55. The van der Waals surface area contributed by atoms with Crippen LogP contribution in [-0.2, 0) is 18.9 Å². The number of nitrogens with zero attached hydrogens (tertiary/aromatic N) is 3. The van der Waals surface area contributed by atoms with Gasteiger partial charge in [0.25, 0.3) is 5.91 Å². The van der Waals surface area contributed by atoms with E-state index >= 15 is 0 Å². The van der Waals surface area contributed by atoms with Crippen molar-refractivity contribution in [3.05, 3.63) is 77.4 Å². The van der Waals surface area contributed by atoms with Crippen LogP contribution in [0, 0.1) is 0 Å². The Morgan fingerprint density at radius 3 is 2.14 bits per heavy atom. The zero-order valence-corrected chi connectivity index (χ0v) is 14.4. The van der Waals surface area contributed by atoms with Crippen LogP contribution in [0.25, 0.3) is 0 Å². The van der Waals surface area contributed by atoms with E-state index in [9.17, 15) is 31.1 Å². The normalized spacial score (nSPS) is 12.1. The van der Waals surface area contributed by atoms with E-state index in [1.165, 1.54) is 23.4 Å². The molecule has 0 atom stereocenters. The lowest BCUT2D eigenvalue weighted by Crippen LogP contribution is -2.18. The molecule has 29 heavy (non-hydrogen) atoms. The molecule has 0 radical (unpaired) electrons. The van der Waals surface area contributed by atoms with E-state index in [2.05, 4.69) is 15.4 Å². The average molecular weight is 414 g/mol. The van der Waals surface area contributed by atoms with Gasteiger partial charge in [0.05, 0.1) is 17.7 Å². The van der Waals surface area contributed by atoms with Crippen molar-refractivity contribution in [1.29, 1.82) is 0 Å². The van der Waals surface area contributed by atoms with Gasteiger partial charge in [-0.05, 0) is 29.8 Å². The molecule has 0 bridgehead atoms. The molecule has 0 spiro atoms. The van der Waals surface area contributed by atoms with Crippen LogP contribution in [0.15, 0.2) is 55.1 Å². The summed E-state index contributed by atoms with van der Waals surface area (Å²) in [5.41, 5.74) is -3.13. The van der Waals surface area contributed by atoms with E-state index in [0.717, 1.165) is 0 Å². The molecule has 152 valence electrons. The Balaban J connectivity index is 1.94. The first-order valence-electron chi connectivity index (χ1n) is 8.05. The lowest BCUT2D eigenvalue weighted by Gasteiger charge is -2.15. The Morgan fingerprint density at radius 1 is 0.966 bits per heavy atom. The fraction of sp³-hybridized carbons (Fsp3) is 0.167. The highest BCUT2D eigenvalue weighted by molar-refractivity contribution is 6.05. The van der Waals surface area contributed by atoms with Gasteiger partial charge in [0.2, 0.25) is 0 Å². The summed E-state index contributed by atoms with van der Waals surface area (Å²) in [5, 5.41) is 6.27. The van der Waals surface area contributed by atoms with Gasteiger partial charge in [-0.1, -0.05) is 18.2 Å². The first kappa shape index (κ1) is 20.4. The van der Waals surface area contributed by atoms with Crippen molar-refractivity contribution in [3.63, 3.8) is 0 Å². The zero-order valence-electron chi connectivity index (χ0n) is 14.4. The highest BCUT2D eigenvalue weighted by Crippen LogP contribution is 2.36. The Labute approximate surface area is 160 Å². The molecule has 0 saturated heterocycles. The quantitative estimate of drug-likeness (QED) is 0.634. The number of nitrogens with one attached hydrogen (secondary N) is 1. The standard InChI is InChI=1S/C18H12F6N4O/c19-17(20,21)13-5-12(6-14(7-13)18(22,23)24)16(29)27-15-4-2-1-3-11(15)8-28-10-25-9-26-28/h1-7,9-10H,8H2,(H,27,29). The van der Waals surface area contributed by atoms with Crippen molar-refractivity contribution in [3.8, 4) is 0 Å². The molecule has 5 nitrogen and oxygen atoms in total. The third-order valence-corrected chi connectivity index (χ3v) is 3.91. The van der Waals surface area contributed by atoms with Crippen LogP contribution in [0.5, 0.6) is 0 Å². The molecule has 1 amide bonds. The van der Waals surface area contributed by atoms with E-state index in [1.807, 2.05) is 0 Å². The Bertz CT molecular complexity index is 980. The summed E-state index contributed by atoms with van der Waals surface area (Å²) in [5.74, 6) is -1.10. The summed E-state index contributed by atoms with van der Waals surface area (Å²) < 4.78 is 79.4. The topological polar surface area (TPSA) is 59.8 Å². The third-order valence-electron chi connectivity index (χ3n) is 3.91. The number of benzene rings is 2. The van der Waals surface area contributed by atoms with E-state index in [0.29, 0.717) is 17.7 Å². The molecule has 1 aromatic heterocycles. The molecule has 0 saturated carbocycles. The molecule has 1 heterocycles. The van der Waals surface area contributed by atoms with Gasteiger partial charge in [-0.3, -0.25) is 4.79 Å². The maximum absolute atomic E-state index is 13.0. The Morgan fingerprint density at radius 2 is 1.59 bits per heavy atom. The molecule has 0 fully saturated rings. The number of halogens is 6. The number of alkyl halides is 6. The van der Waals surface area contributed by atoms with E-state index < -0.39 is 35.0 Å². The average Bonchev–Trinajstić information content (AvgIpc) is 3.14. The van der Waals surface area contributed by atoms with E-state index in [4.69, 9.17) is 0 Å². The van der Waals surface area contributed by atoms with Gasteiger partial charge < -0.3 is 5.32 Å². The highest BCUT2D eigenvalue weighted by atomic mass is 19.4. The summed E-state index contributed by atoms with van der Waals surface area (Å²) in [4.78, 5) is 16.2. The summed E-state index contributed by atoms with van der Waals surface area (Å²) in [6.07, 6.45) is -7.37. The van der Waals surface area contributed by atoms with Crippen LogP contribution in [0.4, 0.5) is 32.0 Å². The van der Waals surface area contributed by atoms with E-state index in [1.54, 1.807) is 18.2 Å². The molecule has 11 heteroatoms. The molecule has 0 aliphatic heterocycles. The lowest BCUT2D eigenvalue weighted by molar-refractivity contribution is -0.143. The number of rotatable bonds is 4. The highest BCUT2D eigenvalue weighted by Gasteiger charge is 2.37. The monoisotopic (exact) mass is 414 g/mol. The number of para-hydroxylation sites is 1. The first-order valence-corrected chi connectivity index (χ1v) is 8.05. The van der Waals surface area contributed by atoms with Crippen LogP contribution in [-0.4, -0.2) is 20.7 Å². The van der Waals surface area contributed by atoms with Crippen molar-refractivity contribution >= 4 is 11.6 Å². The van der Waals surface area contributed by atoms with Gasteiger partial charge in [0.15, 0.2) is 0 Å².